The fourth-order valence-electron chi connectivity index (χ4n) is 1.97. The summed E-state index contributed by atoms with van der Waals surface area (Å²) < 4.78 is 1.69. The Kier molecular flexibility index (Phi) is 2.86. The predicted molar refractivity (Wildman–Crippen MR) is 61.0 cm³/mol. The van der Waals surface area contributed by atoms with Crippen molar-refractivity contribution in [3.05, 3.63) is 29.7 Å². The van der Waals surface area contributed by atoms with Crippen LogP contribution in [0.1, 0.15) is 43.9 Å². The molecule has 82 valence electrons. The number of rotatable bonds is 3. The molecular weight excluding hydrogens is 200 g/mol. The molecule has 16 heavy (non-hydrogen) atoms. The van der Waals surface area contributed by atoms with E-state index in [-0.39, 0.29) is 0 Å². The van der Waals surface area contributed by atoms with Gasteiger partial charge in [0.2, 0.25) is 0 Å². The van der Waals surface area contributed by atoms with Gasteiger partial charge >= 0.3 is 0 Å². The van der Waals surface area contributed by atoms with E-state index in [4.69, 9.17) is 0 Å². The molecule has 0 N–H and O–H groups in total. The second kappa shape index (κ2) is 4.31. The molecule has 0 aromatic carbocycles. The summed E-state index contributed by atoms with van der Waals surface area (Å²) in [6, 6.07) is 4.04. The van der Waals surface area contributed by atoms with E-state index >= 15 is 0 Å². The second-order valence-electron chi connectivity index (χ2n) is 3.77. The molecule has 0 unspecified atom stereocenters. The van der Waals surface area contributed by atoms with E-state index in [0.717, 1.165) is 18.5 Å². The SMILES string of the molecule is CCC(CC)c1nn2cccnc2c1C#N. The molecule has 0 fully saturated rings. The fourth-order valence-corrected chi connectivity index (χ4v) is 1.97. The summed E-state index contributed by atoms with van der Waals surface area (Å²) in [5.74, 6) is 0.344. The highest BCUT2D eigenvalue weighted by Crippen LogP contribution is 2.26. The first kappa shape index (κ1) is 10.6. The highest BCUT2D eigenvalue weighted by atomic mass is 15.2. The zero-order chi connectivity index (χ0) is 11.5. The van der Waals surface area contributed by atoms with Crippen LogP contribution in [0.25, 0.3) is 5.65 Å². The van der Waals surface area contributed by atoms with E-state index in [1.54, 1.807) is 10.7 Å². The summed E-state index contributed by atoms with van der Waals surface area (Å²) in [5, 5.41) is 13.7. The molecule has 2 rings (SSSR count). The Hall–Kier alpha value is -1.89. The van der Waals surface area contributed by atoms with Gasteiger partial charge in [-0.25, -0.2) is 9.50 Å². The van der Waals surface area contributed by atoms with Crippen LogP contribution in [0.3, 0.4) is 0 Å². The van der Waals surface area contributed by atoms with Crippen LogP contribution >= 0.6 is 0 Å². The third kappa shape index (κ3) is 1.54. The highest BCUT2D eigenvalue weighted by molar-refractivity contribution is 5.57. The van der Waals surface area contributed by atoms with Gasteiger partial charge in [0.05, 0.1) is 5.69 Å². The Balaban J connectivity index is 2.66. The van der Waals surface area contributed by atoms with E-state index in [1.807, 2.05) is 12.3 Å². The van der Waals surface area contributed by atoms with Gasteiger partial charge in [-0.05, 0) is 18.9 Å². The molecule has 0 aliphatic rings. The molecule has 4 nitrogen and oxygen atoms in total. The monoisotopic (exact) mass is 214 g/mol. The first-order valence-corrected chi connectivity index (χ1v) is 5.55. The molecule has 0 bridgehead atoms. The van der Waals surface area contributed by atoms with Gasteiger partial charge < -0.3 is 0 Å². The molecule has 0 atom stereocenters. The average molecular weight is 214 g/mol. The molecule has 0 aliphatic carbocycles. The lowest BCUT2D eigenvalue weighted by molar-refractivity contribution is 0.615. The normalized spacial score (nSPS) is 10.9. The zero-order valence-electron chi connectivity index (χ0n) is 9.51. The van der Waals surface area contributed by atoms with E-state index in [2.05, 4.69) is 30.0 Å². The summed E-state index contributed by atoms with van der Waals surface area (Å²) >= 11 is 0. The van der Waals surface area contributed by atoms with Crippen LogP contribution in [-0.2, 0) is 0 Å². The lowest BCUT2D eigenvalue weighted by atomic mass is 9.97. The molecule has 2 heterocycles. The van der Waals surface area contributed by atoms with Crippen LogP contribution < -0.4 is 0 Å². The Morgan fingerprint density at radius 2 is 2.19 bits per heavy atom. The molecule has 0 amide bonds. The molecule has 4 heteroatoms. The Morgan fingerprint density at radius 3 is 2.81 bits per heavy atom. The number of hydrogen-bond acceptors (Lipinski definition) is 3. The maximum Gasteiger partial charge on any atom is 0.173 e. The quantitative estimate of drug-likeness (QED) is 0.788. The lowest BCUT2D eigenvalue weighted by Crippen LogP contribution is -1.98. The molecule has 0 saturated heterocycles. The summed E-state index contributed by atoms with van der Waals surface area (Å²) in [6.45, 7) is 4.24. The third-order valence-electron chi connectivity index (χ3n) is 2.91. The van der Waals surface area contributed by atoms with Gasteiger partial charge in [-0.2, -0.15) is 10.4 Å². The van der Waals surface area contributed by atoms with Crippen LogP contribution in [0.2, 0.25) is 0 Å². The van der Waals surface area contributed by atoms with Gasteiger partial charge in [-0.15, -0.1) is 0 Å². The summed E-state index contributed by atoms with van der Waals surface area (Å²) in [7, 11) is 0. The standard InChI is InChI=1S/C12H14N4/c1-3-9(4-2)11-10(8-13)12-14-6-5-7-16(12)15-11/h5-7,9H,3-4H2,1-2H3. The smallest absolute Gasteiger partial charge is 0.173 e. The minimum atomic E-state index is 0.344. The van der Waals surface area contributed by atoms with Crippen molar-refractivity contribution in [3.63, 3.8) is 0 Å². The van der Waals surface area contributed by atoms with Crippen molar-refractivity contribution >= 4 is 5.65 Å². The first-order valence-electron chi connectivity index (χ1n) is 5.55. The van der Waals surface area contributed by atoms with Crippen molar-refractivity contribution in [3.8, 4) is 6.07 Å². The van der Waals surface area contributed by atoms with Crippen molar-refractivity contribution in [1.82, 2.24) is 14.6 Å². The molecule has 2 aromatic heterocycles. The maximum absolute atomic E-state index is 9.20. The Labute approximate surface area is 94.5 Å². The minimum absolute atomic E-state index is 0.344. The van der Waals surface area contributed by atoms with Crippen molar-refractivity contribution in [2.45, 2.75) is 32.6 Å². The van der Waals surface area contributed by atoms with Crippen molar-refractivity contribution < 1.29 is 0 Å². The molecule has 0 radical (unpaired) electrons. The lowest BCUT2D eigenvalue weighted by Gasteiger charge is -2.08. The third-order valence-corrected chi connectivity index (χ3v) is 2.91. The molecule has 0 aliphatic heterocycles. The van der Waals surface area contributed by atoms with Crippen LogP contribution in [0.15, 0.2) is 18.5 Å². The first-order chi connectivity index (χ1) is 7.81. The van der Waals surface area contributed by atoms with Gasteiger partial charge in [0.15, 0.2) is 5.65 Å². The molecule has 0 spiro atoms. The summed E-state index contributed by atoms with van der Waals surface area (Å²) in [5.41, 5.74) is 2.16. The van der Waals surface area contributed by atoms with E-state index < -0.39 is 0 Å². The van der Waals surface area contributed by atoms with Crippen LogP contribution in [-0.4, -0.2) is 14.6 Å². The summed E-state index contributed by atoms with van der Waals surface area (Å²) in [4.78, 5) is 4.20. The topological polar surface area (TPSA) is 54.0 Å². The van der Waals surface area contributed by atoms with Crippen LogP contribution in [0.5, 0.6) is 0 Å². The van der Waals surface area contributed by atoms with Crippen LogP contribution in [0.4, 0.5) is 0 Å². The molecule has 0 saturated carbocycles. The number of nitriles is 1. The minimum Gasteiger partial charge on any atom is -0.236 e. The van der Waals surface area contributed by atoms with Crippen LogP contribution in [0, 0.1) is 11.3 Å². The Morgan fingerprint density at radius 1 is 1.44 bits per heavy atom. The van der Waals surface area contributed by atoms with E-state index in [0.29, 0.717) is 17.1 Å². The number of nitrogens with zero attached hydrogens (tertiary/aromatic N) is 4. The fraction of sp³-hybridized carbons (Fsp3) is 0.417. The van der Waals surface area contributed by atoms with E-state index in [1.165, 1.54) is 0 Å². The van der Waals surface area contributed by atoms with E-state index in [9.17, 15) is 5.26 Å². The van der Waals surface area contributed by atoms with Crippen molar-refractivity contribution in [1.29, 1.82) is 5.26 Å². The largest absolute Gasteiger partial charge is 0.236 e. The predicted octanol–water partition coefficient (Wildman–Crippen LogP) is 2.50. The highest BCUT2D eigenvalue weighted by Gasteiger charge is 2.19. The van der Waals surface area contributed by atoms with Gasteiger partial charge in [-0.3, -0.25) is 0 Å². The zero-order valence-corrected chi connectivity index (χ0v) is 9.51. The molecular formula is C12H14N4. The summed E-state index contributed by atoms with van der Waals surface area (Å²) in [6.07, 6.45) is 5.51. The van der Waals surface area contributed by atoms with Gasteiger partial charge in [0.25, 0.3) is 0 Å². The maximum atomic E-state index is 9.20. The van der Waals surface area contributed by atoms with Gasteiger partial charge in [0.1, 0.15) is 11.6 Å². The number of hydrogen-bond donors (Lipinski definition) is 0. The van der Waals surface area contributed by atoms with Gasteiger partial charge in [-0.1, -0.05) is 13.8 Å². The average Bonchev–Trinajstić information content (AvgIpc) is 2.69. The van der Waals surface area contributed by atoms with Crippen molar-refractivity contribution in [2.24, 2.45) is 0 Å². The molecule has 2 aromatic rings. The van der Waals surface area contributed by atoms with Gasteiger partial charge in [0, 0.05) is 18.3 Å². The number of fused-ring (bicyclic) bond motifs is 1. The van der Waals surface area contributed by atoms with Crippen molar-refractivity contribution in [2.75, 3.05) is 0 Å². The number of aromatic nitrogens is 3. The second-order valence-corrected chi connectivity index (χ2v) is 3.77. The Bertz CT molecular complexity index is 531.